The normalized spacial score (nSPS) is 30.0. The molecule has 4 atom stereocenters. The van der Waals surface area contributed by atoms with E-state index in [-0.39, 0.29) is 11.8 Å². The van der Waals surface area contributed by atoms with Crippen LogP contribution in [0.15, 0.2) is 42.1 Å². The lowest BCUT2D eigenvalue weighted by atomic mass is 9.76. The number of pyridine rings is 1. The molecule has 3 aliphatic heterocycles. The molecular weight excluding hydrogens is 288 g/mol. The highest BCUT2D eigenvalue weighted by molar-refractivity contribution is 5.83. The van der Waals surface area contributed by atoms with Crippen molar-refractivity contribution in [2.24, 2.45) is 5.92 Å². The fourth-order valence-corrected chi connectivity index (χ4v) is 4.22. The third-order valence-corrected chi connectivity index (χ3v) is 5.48. The first-order chi connectivity index (χ1) is 11.2. The number of aliphatic hydroxyl groups excluding tert-OH is 1. The van der Waals surface area contributed by atoms with Crippen LogP contribution in [-0.2, 0) is 0 Å². The summed E-state index contributed by atoms with van der Waals surface area (Å²) in [5.41, 5.74) is 3.19. The maximum atomic E-state index is 11.0. The van der Waals surface area contributed by atoms with E-state index in [1.807, 2.05) is 6.07 Å². The molecule has 2 aromatic rings. The van der Waals surface area contributed by atoms with Crippen LogP contribution >= 0.6 is 0 Å². The zero-order valence-electron chi connectivity index (χ0n) is 13.3. The van der Waals surface area contributed by atoms with Crippen LogP contribution in [0.25, 0.3) is 10.9 Å². The third-order valence-electron chi connectivity index (χ3n) is 5.48. The number of phenols is 1. The number of hydrogen-bond acceptors (Lipinski definition) is 4. The number of allylic oxidation sites excluding steroid dienone is 1. The second kappa shape index (κ2) is 5.62. The molecule has 0 radical (unpaired) electrons. The molecule has 4 nitrogen and oxygen atoms in total. The summed E-state index contributed by atoms with van der Waals surface area (Å²) >= 11 is 0. The molecule has 0 spiro atoms. The largest absolute Gasteiger partial charge is 0.508 e. The number of aliphatic hydroxyl groups is 1. The minimum Gasteiger partial charge on any atom is -0.508 e. The number of hydrogen-bond donors (Lipinski definition) is 2. The zero-order valence-corrected chi connectivity index (χ0v) is 13.3. The van der Waals surface area contributed by atoms with Gasteiger partial charge in [-0.2, -0.15) is 0 Å². The molecule has 0 aliphatic carbocycles. The van der Waals surface area contributed by atoms with Gasteiger partial charge in [0.25, 0.3) is 0 Å². The number of aromatic nitrogens is 1. The molecule has 3 saturated heterocycles. The van der Waals surface area contributed by atoms with Crippen molar-refractivity contribution in [2.75, 3.05) is 13.1 Å². The third kappa shape index (κ3) is 2.42. The first-order valence-electron chi connectivity index (χ1n) is 8.32. The molecule has 4 heterocycles. The second-order valence-electron chi connectivity index (χ2n) is 6.67. The van der Waals surface area contributed by atoms with Crippen LogP contribution in [0.4, 0.5) is 0 Å². The van der Waals surface area contributed by atoms with Crippen LogP contribution in [-0.4, -0.2) is 39.2 Å². The first-order valence-corrected chi connectivity index (χ1v) is 8.32. The lowest BCUT2D eigenvalue weighted by Gasteiger charge is -2.48. The van der Waals surface area contributed by atoms with Gasteiger partial charge in [-0.25, -0.2) is 0 Å². The van der Waals surface area contributed by atoms with Crippen molar-refractivity contribution in [3.05, 3.63) is 47.7 Å². The monoisotopic (exact) mass is 310 g/mol. The number of piperidine rings is 3. The fraction of sp³-hybridized carbons (Fsp3) is 0.421. The van der Waals surface area contributed by atoms with Crippen LogP contribution in [0, 0.1) is 5.92 Å². The van der Waals surface area contributed by atoms with Crippen molar-refractivity contribution < 1.29 is 10.2 Å². The van der Waals surface area contributed by atoms with Crippen molar-refractivity contribution >= 4 is 10.9 Å². The van der Waals surface area contributed by atoms with Gasteiger partial charge in [0.2, 0.25) is 0 Å². The van der Waals surface area contributed by atoms with Gasteiger partial charge in [0.1, 0.15) is 5.75 Å². The standard InChI is InChI=1S/C19H22N2O2/c1-2-12-11-21-8-6-13(12)9-18(21)19(23)15-5-7-20-17-4-3-14(22)10-16(15)17/h2-5,7,10,13,18-19,22-23H,6,8-9,11H2,1H3/b12-2+/t13-,18?,19+/m1/s1. The number of rotatable bonds is 2. The predicted octanol–water partition coefficient (Wildman–Crippen LogP) is 3.01. The summed E-state index contributed by atoms with van der Waals surface area (Å²) in [7, 11) is 0. The number of fused-ring (bicyclic) bond motifs is 4. The summed E-state index contributed by atoms with van der Waals surface area (Å²) in [6.45, 7) is 4.14. The Balaban J connectivity index is 1.70. The van der Waals surface area contributed by atoms with Gasteiger partial charge in [-0.1, -0.05) is 11.6 Å². The fourth-order valence-electron chi connectivity index (χ4n) is 4.22. The summed E-state index contributed by atoms with van der Waals surface area (Å²) < 4.78 is 0. The highest BCUT2D eigenvalue weighted by Gasteiger charge is 2.40. The molecule has 0 saturated carbocycles. The molecule has 2 N–H and O–H groups in total. The Hall–Kier alpha value is -1.91. The first kappa shape index (κ1) is 14.7. The van der Waals surface area contributed by atoms with E-state index in [2.05, 4.69) is 22.9 Å². The average molecular weight is 310 g/mol. The van der Waals surface area contributed by atoms with Crippen molar-refractivity contribution in [3.8, 4) is 5.75 Å². The zero-order chi connectivity index (χ0) is 16.0. The Morgan fingerprint density at radius 3 is 2.96 bits per heavy atom. The number of phenolic OH excluding ortho intramolecular Hbond substituents is 1. The molecule has 4 heteroatoms. The van der Waals surface area contributed by atoms with E-state index in [0.29, 0.717) is 5.92 Å². The van der Waals surface area contributed by atoms with Crippen molar-refractivity contribution in [3.63, 3.8) is 0 Å². The molecule has 23 heavy (non-hydrogen) atoms. The number of aromatic hydroxyl groups is 1. The Bertz CT molecular complexity index is 771. The molecule has 3 aliphatic rings. The minimum absolute atomic E-state index is 0.144. The summed E-state index contributed by atoms with van der Waals surface area (Å²) in [5.74, 6) is 0.812. The smallest absolute Gasteiger partial charge is 0.116 e. The lowest BCUT2D eigenvalue weighted by molar-refractivity contribution is -0.00340. The average Bonchev–Trinajstić information content (AvgIpc) is 2.60. The Morgan fingerprint density at radius 2 is 2.22 bits per heavy atom. The van der Waals surface area contributed by atoms with E-state index < -0.39 is 6.10 Å². The van der Waals surface area contributed by atoms with E-state index in [1.165, 1.54) is 12.0 Å². The maximum absolute atomic E-state index is 11.0. The molecule has 120 valence electrons. The molecule has 2 unspecified atom stereocenters. The lowest BCUT2D eigenvalue weighted by Crippen LogP contribution is -2.52. The van der Waals surface area contributed by atoms with Crippen molar-refractivity contribution in [1.82, 2.24) is 9.88 Å². The van der Waals surface area contributed by atoms with Gasteiger partial charge in [-0.05, 0) is 62.1 Å². The molecule has 1 aromatic carbocycles. The van der Waals surface area contributed by atoms with Gasteiger partial charge >= 0.3 is 0 Å². The van der Waals surface area contributed by atoms with Gasteiger partial charge in [0.15, 0.2) is 0 Å². The van der Waals surface area contributed by atoms with Crippen LogP contribution in [0.1, 0.15) is 31.4 Å². The molecule has 2 bridgehead atoms. The van der Waals surface area contributed by atoms with E-state index in [4.69, 9.17) is 0 Å². The molecule has 0 amide bonds. The van der Waals surface area contributed by atoms with Crippen LogP contribution in [0.5, 0.6) is 5.75 Å². The van der Waals surface area contributed by atoms with E-state index >= 15 is 0 Å². The minimum atomic E-state index is -0.552. The topological polar surface area (TPSA) is 56.6 Å². The van der Waals surface area contributed by atoms with E-state index in [9.17, 15) is 10.2 Å². The second-order valence-corrected chi connectivity index (χ2v) is 6.67. The van der Waals surface area contributed by atoms with Gasteiger partial charge in [0, 0.05) is 24.2 Å². The summed E-state index contributed by atoms with van der Waals surface area (Å²) in [6.07, 6.45) is 5.62. The van der Waals surface area contributed by atoms with E-state index in [1.54, 1.807) is 24.4 Å². The quantitative estimate of drug-likeness (QED) is 0.837. The number of nitrogens with zero attached hydrogens (tertiary/aromatic N) is 2. The van der Waals surface area contributed by atoms with Crippen LogP contribution < -0.4 is 0 Å². The SMILES string of the molecule is C/C=C1\CN2CC[C@@H]1CC2[C@@H](O)c1ccnc2ccc(O)cc12. The Labute approximate surface area is 136 Å². The Kier molecular flexibility index (Phi) is 3.58. The molecule has 5 rings (SSSR count). The summed E-state index contributed by atoms with van der Waals surface area (Å²) in [5, 5.41) is 21.7. The number of benzene rings is 1. The highest BCUT2D eigenvalue weighted by Crippen LogP contribution is 2.41. The van der Waals surface area contributed by atoms with Crippen molar-refractivity contribution in [1.29, 1.82) is 0 Å². The molecular formula is C19H22N2O2. The predicted molar refractivity (Wildman–Crippen MR) is 90.2 cm³/mol. The molecule has 1 aromatic heterocycles. The van der Waals surface area contributed by atoms with Crippen molar-refractivity contribution in [2.45, 2.75) is 31.9 Å². The van der Waals surface area contributed by atoms with Gasteiger partial charge < -0.3 is 10.2 Å². The van der Waals surface area contributed by atoms with Gasteiger partial charge in [-0.15, -0.1) is 0 Å². The highest BCUT2D eigenvalue weighted by atomic mass is 16.3. The maximum Gasteiger partial charge on any atom is 0.116 e. The van der Waals surface area contributed by atoms with E-state index in [0.717, 1.165) is 36.0 Å². The summed E-state index contributed by atoms with van der Waals surface area (Å²) in [6, 6.07) is 7.16. The summed E-state index contributed by atoms with van der Waals surface area (Å²) in [4.78, 5) is 6.74. The van der Waals surface area contributed by atoms with Crippen LogP contribution in [0.2, 0.25) is 0 Å². The van der Waals surface area contributed by atoms with Crippen LogP contribution in [0.3, 0.4) is 0 Å². The van der Waals surface area contributed by atoms with Gasteiger partial charge in [-0.3, -0.25) is 9.88 Å². The molecule has 3 fully saturated rings. The van der Waals surface area contributed by atoms with Gasteiger partial charge in [0.05, 0.1) is 11.6 Å². The Morgan fingerprint density at radius 1 is 1.35 bits per heavy atom.